The molecule has 0 aliphatic carbocycles. The Balaban J connectivity index is 1.63. The van der Waals surface area contributed by atoms with E-state index in [1.54, 1.807) is 19.1 Å². The minimum absolute atomic E-state index is 0.235. The molecule has 3 nitrogen and oxygen atoms in total. The fraction of sp³-hybridized carbons (Fsp3) is 0.107. The Hall–Kier alpha value is -3.92. The van der Waals surface area contributed by atoms with Crippen LogP contribution in [0.15, 0.2) is 91.0 Å². The molecule has 0 saturated carbocycles. The van der Waals surface area contributed by atoms with Crippen molar-refractivity contribution in [3.05, 3.63) is 102 Å². The number of halogens is 1. The first kappa shape index (κ1) is 21.3. The maximum atomic E-state index is 13.9. The van der Waals surface area contributed by atoms with E-state index < -0.39 is 0 Å². The predicted molar refractivity (Wildman–Crippen MR) is 126 cm³/mol. The largest absolute Gasteiger partial charge is 0.466 e. The number of benzene rings is 4. The molecule has 32 heavy (non-hydrogen) atoms. The average Bonchev–Trinajstić information content (AvgIpc) is 2.80. The van der Waals surface area contributed by atoms with Gasteiger partial charge in [-0.3, -0.25) is 4.79 Å². The van der Waals surface area contributed by atoms with E-state index in [-0.39, 0.29) is 18.2 Å². The zero-order valence-corrected chi connectivity index (χ0v) is 17.8. The summed E-state index contributed by atoms with van der Waals surface area (Å²) >= 11 is 0. The molecule has 0 unspecified atom stereocenters. The lowest BCUT2D eigenvalue weighted by molar-refractivity contribution is -0.142. The molecule has 4 heteroatoms. The van der Waals surface area contributed by atoms with Crippen molar-refractivity contribution in [2.75, 3.05) is 6.61 Å². The summed E-state index contributed by atoms with van der Waals surface area (Å²) in [5.41, 5.74) is 2.52. The van der Waals surface area contributed by atoms with Crippen LogP contribution in [0.25, 0.3) is 28.0 Å². The van der Waals surface area contributed by atoms with Crippen LogP contribution in [0.1, 0.15) is 18.9 Å². The quantitative estimate of drug-likeness (QED) is 0.289. The maximum Gasteiger partial charge on any atom is 0.309 e. The Labute approximate surface area is 186 Å². The van der Waals surface area contributed by atoms with Gasteiger partial charge in [0.1, 0.15) is 17.3 Å². The monoisotopic (exact) mass is 426 g/mol. The Morgan fingerprint density at radius 1 is 0.938 bits per heavy atom. The highest BCUT2D eigenvalue weighted by molar-refractivity contribution is 5.95. The molecule has 4 aromatic carbocycles. The molecule has 4 rings (SSSR count). The highest BCUT2D eigenvalue weighted by Crippen LogP contribution is 2.39. The Bertz CT molecular complexity index is 1260. The lowest BCUT2D eigenvalue weighted by Crippen LogP contribution is -2.01. The van der Waals surface area contributed by atoms with Gasteiger partial charge in [-0.25, -0.2) is 4.39 Å². The number of esters is 1. The maximum absolute atomic E-state index is 13.9. The number of hydrogen-bond acceptors (Lipinski definition) is 3. The SMILES string of the molecule is CCOC(=O)CC=Cc1ccc(Oc2c(-c3cccc(F)c3)ccc3ccccc23)cc1. The standard InChI is InChI=1S/C28H23FO3/c1-2-31-27(30)12-5-7-20-13-16-24(17-14-20)32-28-25-11-4-3-8-21(25)15-18-26(28)22-9-6-10-23(29)19-22/h3-11,13-19H,2,12H2,1H3. The van der Waals surface area contributed by atoms with Gasteiger partial charge in [-0.1, -0.05) is 66.7 Å². The third-order valence-corrected chi connectivity index (χ3v) is 5.02. The zero-order chi connectivity index (χ0) is 22.3. The van der Waals surface area contributed by atoms with Gasteiger partial charge in [-0.2, -0.15) is 0 Å². The molecule has 0 amide bonds. The van der Waals surface area contributed by atoms with E-state index in [9.17, 15) is 9.18 Å². The van der Waals surface area contributed by atoms with Crippen molar-refractivity contribution in [1.82, 2.24) is 0 Å². The van der Waals surface area contributed by atoms with Crippen molar-refractivity contribution < 1.29 is 18.7 Å². The Kier molecular flexibility index (Phi) is 6.61. The summed E-state index contributed by atoms with van der Waals surface area (Å²) < 4.78 is 25.1. The van der Waals surface area contributed by atoms with Crippen molar-refractivity contribution in [3.8, 4) is 22.6 Å². The molecule has 0 N–H and O–H groups in total. The van der Waals surface area contributed by atoms with E-state index in [1.165, 1.54) is 12.1 Å². The first-order valence-electron chi connectivity index (χ1n) is 10.5. The van der Waals surface area contributed by atoms with Crippen LogP contribution in [0.3, 0.4) is 0 Å². The third-order valence-electron chi connectivity index (χ3n) is 5.02. The second kappa shape index (κ2) is 9.92. The van der Waals surface area contributed by atoms with Crippen molar-refractivity contribution in [2.24, 2.45) is 0 Å². The Morgan fingerprint density at radius 2 is 1.75 bits per heavy atom. The predicted octanol–water partition coefficient (Wildman–Crippen LogP) is 7.40. The van der Waals surface area contributed by atoms with Crippen LogP contribution < -0.4 is 4.74 Å². The van der Waals surface area contributed by atoms with Crippen molar-refractivity contribution in [3.63, 3.8) is 0 Å². The van der Waals surface area contributed by atoms with Gasteiger partial charge < -0.3 is 9.47 Å². The molecule has 0 radical (unpaired) electrons. The first-order valence-corrected chi connectivity index (χ1v) is 10.5. The molecule has 0 spiro atoms. The number of fused-ring (bicyclic) bond motifs is 1. The lowest BCUT2D eigenvalue weighted by atomic mass is 9.99. The highest BCUT2D eigenvalue weighted by atomic mass is 19.1. The van der Waals surface area contributed by atoms with Crippen LogP contribution in [0.5, 0.6) is 11.5 Å². The van der Waals surface area contributed by atoms with Gasteiger partial charge in [0.05, 0.1) is 13.0 Å². The van der Waals surface area contributed by atoms with Crippen LogP contribution in [-0.2, 0) is 9.53 Å². The first-order chi connectivity index (χ1) is 15.6. The topological polar surface area (TPSA) is 35.5 Å². The minimum Gasteiger partial charge on any atom is -0.466 e. The van der Waals surface area contributed by atoms with Crippen LogP contribution in [0.4, 0.5) is 4.39 Å². The highest BCUT2D eigenvalue weighted by Gasteiger charge is 2.13. The molecule has 0 fully saturated rings. The van der Waals surface area contributed by atoms with E-state index in [2.05, 4.69) is 0 Å². The molecular weight excluding hydrogens is 403 g/mol. The molecule has 0 atom stereocenters. The molecule has 0 heterocycles. The average molecular weight is 426 g/mol. The number of ether oxygens (including phenoxy) is 2. The van der Waals surface area contributed by atoms with E-state index >= 15 is 0 Å². The Morgan fingerprint density at radius 3 is 2.53 bits per heavy atom. The van der Waals surface area contributed by atoms with Gasteiger partial charge in [0.25, 0.3) is 0 Å². The van der Waals surface area contributed by atoms with E-state index in [1.807, 2.05) is 72.8 Å². The van der Waals surface area contributed by atoms with Gasteiger partial charge in [0, 0.05) is 10.9 Å². The second-order valence-electron chi connectivity index (χ2n) is 7.26. The molecule has 0 bridgehead atoms. The summed E-state index contributed by atoms with van der Waals surface area (Å²) in [7, 11) is 0. The molecule has 0 saturated heterocycles. The summed E-state index contributed by atoms with van der Waals surface area (Å²) in [6, 6.07) is 26.0. The van der Waals surface area contributed by atoms with Crippen molar-refractivity contribution >= 4 is 22.8 Å². The third kappa shape index (κ3) is 5.03. The van der Waals surface area contributed by atoms with Crippen LogP contribution >= 0.6 is 0 Å². The van der Waals surface area contributed by atoms with E-state index in [0.717, 1.165) is 27.5 Å². The fourth-order valence-electron chi connectivity index (χ4n) is 3.51. The minimum atomic E-state index is -0.291. The smallest absolute Gasteiger partial charge is 0.309 e. The second-order valence-corrected chi connectivity index (χ2v) is 7.26. The van der Waals surface area contributed by atoms with Gasteiger partial charge in [0.2, 0.25) is 0 Å². The summed E-state index contributed by atoms with van der Waals surface area (Å²) in [6.07, 6.45) is 3.89. The van der Waals surface area contributed by atoms with Crippen LogP contribution in [0.2, 0.25) is 0 Å². The van der Waals surface area contributed by atoms with E-state index in [0.29, 0.717) is 18.1 Å². The molecule has 0 aliphatic heterocycles. The summed E-state index contributed by atoms with van der Waals surface area (Å²) in [5.74, 6) is 0.811. The fourth-order valence-corrected chi connectivity index (χ4v) is 3.51. The molecular formula is C28H23FO3. The summed E-state index contributed by atoms with van der Waals surface area (Å²) in [5, 5.41) is 1.99. The van der Waals surface area contributed by atoms with Crippen LogP contribution in [0, 0.1) is 5.82 Å². The molecule has 4 aromatic rings. The van der Waals surface area contributed by atoms with Crippen molar-refractivity contribution in [1.29, 1.82) is 0 Å². The number of carbonyl (C=O) groups is 1. The molecule has 0 aliphatic rings. The van der Waals surface area contributed by atoms with E-state index in [4.69, 9.17) is 9.47 Å². The molecule has 160 valence electrons. The zero-order valence-electron chi connectivity index (χ0n) is 17.8. The summed E-state index contributed by atoms with van der Waals surface area (Å²) in [6.45, 7) is 2.17. The lowest BCUT2D eigenvalue weighted by Gasteiger charge is -2.15. The number of carbonyl (C=O) groups excluding carboxylic acids is 1. The normalized spacial score (nSPS) is 11.1. The van der Waals surface area contributed by atoms with Gasteiger partial charge >= 0.3 is 5.97 Å². The summed E-state index contributed by atoms with van der Waals surface area (Å²) in [4.78, 5) is 11.5. The van der Waals surface area contributed by atoms with Gasteiger partial charge in [0.15, 0.2) is 0 Å². The van der Waals surface area contributed by atoms with Gasteiger partial charge in [-0.05, 0) is 53.8 Å². The van der Waals surface area contributed by atoms with Crippen LogP contribution in [-0.4, -0.2) is 12.6 Å². The van der Waals surface area contributed by atoms with Gasteiger partial charge in [-0.15, -0.1) is 0 Å². The number of rotatable bonds is 7. The number of hydrogen-bond donors (Lipinski definition) is 0. The molecule has 0 aromatic heterocycles. The van der Waals surface area contributed by atoms with Crippen molar-refractivity contribution in [2.45, 2.75) is 13.3 Å².